The predicted molar refractivity (Wildman–Crippen MR) is 177 cm³/mol. The molecule has 11 nitrogen and oxygen atoms in total. The third-order valence-corrected chi connectivity index (χ3v) is 9.91. The molecule has 0 radical (unpaired) electrons. The van der Waals surface area contributed by atoms with Crippen molar-refractivity contribution in [2.24, 2.45) is 5.92 Å². The number of methoxy groups -OCH3 is 2. The van der Waals surface area contributed by atoms with E-state index in [0.29, 0.717) is 36.6 Å². The maximum Gasteiger partial charge on any atom is 0.315 e. The number of fused-ring (bicyclic) bond motifs is 3. The second-order valence-corrected chi connectivity index (χ2v) is 14.1. The van der Waals surface area contributed by atoms with Gasteiger partial charge < -0.3 is 25.4 Å². The van der Waals surface area contributed by atoms with Gasteiger partial charge in [-0.15, -0.1) is 0 Å². The molecule has 0 bridgehead atoms. The molecule has 12 heteroatoms. The Bertz CT molecular complexity index is 1840. The molecule has 4 aromatic rings. The van der Waals surface area contributed by atoms with E-state index in [4.69, 9.17) is 14.5 Å². The number of nitrogens with zero attached hydrogens (tertiary/aromatic N) is 2. The van der Waals surface area contributed by atoms with Crippen LogP contribution in [0, 0.1) is 5.92 Å². The molecular weight excluding hydrogens is 604 g/mol. The number of sulfonamides is 1. The standard InChI is InChI=1S/C34H40N6O5S/c1-20(2)15-38-46(42,43)32-13-27-30(40-34(41)37-16-21-5-9-24(44-3)10-6-21)14-31(39-23-11-25(45-4)18-35-17-23)33(27)28-19-36-29(12-26(28)32)22-7-8-22/h5-6,9-13,17-20,22,30-31,38-39H,7-8,14-16H2,1-4H3,(H2,37,40,41)/t30-,31-/m0/s1. The number of pyridine rings is 2. The lowest BCUT2D eigenvalue weighted by atomic mass is 9.98. The van der Waals surface area contributed by atoms with Gasteiger partial charge in [0.2, 0.25) is 10.0 Å². The highest BCUT2D eigenvalue weighted by molar-refractivity contribution is 7.89. The van der Waals surface area contributed by atoms with Crippen molar-refractivity contribution >= 4 is 32.5 Å². The first kappa shape index (κ1) is 31.6. The fourth-order valence-electron chi connectivity index (χ4n) is 5.89. The maximum atomic E-state index is 13.8. The second kappa shape index (κ2) is 13.1. The Balaban J connectivity index is 1.39. The minimum atomic E-state index is -3.88. The van der Waals surface area contributed by atoms with Gasteiger partial charge in [-0.3, -0.25) is 9.97 Å². The van der Waals surface area contributed by atoms with Crippen molar-refractivity contribution < 1.29 is 22.7 Å². The average Bonchev–Trinajstić information content (AvgIpc) is 3.86. The number of amides is 2. The summed E-state index contributed by atoms with van der Waals surface area (Å²) in [7, 11) is -0.686. The minimum absolute atomic E-state index is 0.132. The molecule has 2 aliphatic carbocycles. The van der Waals surface area contributed by atoms with Crippen molar-refractivity contribution in [2.45, 2.75) is 62.6 Å². The normalized spacial score (nSPS) is 17.5. The van der Waals surface area contributed by atoms with Crippen LogP contribution in [0.4, 0.5) is 10.5 Å². The molecule has 2 atom stereocenters. The first-order valence-electron chi connectivity index (χ1n) is 15.5. The number of urea groups is 1. The van der Waals surface area contributed by atoms with Crippen LogP contribution in [0.5, 0.6) is 11.5 Å². The van der Waals surface area contributed by atoms with Gasteiger partial charge in [0.25, 0.3) is 0 Å². The molecule has 1 fully saturated rings. The number of anilines is 1. The first-order chi connectivity index (χ1) is 22.1. The van der Waals surface area contributed by atoms with Crippen molar-refractivity contribution in [1.29, 1.82) is 0 Å². The third-order valence-electron chi connectivity index (χ3n) is 8.45. The second-order valence-electron chi connectivity index (χ2n) is 12.3. The van der Waals surface area contributed by atoms with Gasteiger partial charge in [-0.1, -0.05) is 26.0 Å². The van der Waals surface area contributed by atoms with Gasteiger partial charge in [0.1, 0.15) is 11.5 Å². The zero-order valence-corrected chi connectivity index (χ0v) is 27.3. The van der Waals surface area contributed by atoms with E-state index in [1.54, 1.807) is 38.9 Å². The van der Waals surface area contributed by atoms with Gasteiger partial charge in [-0.05, 0) is 66.1 Å². The van der Waals surface area contributed by atoms with Gasteiger partial charge in [0.05, 0.1) is 49.3 Å². The Hall–Kier alpha value is -4.42. The zero-order valence-electron chi connectivity index (χ0n) is 26.5. The van der Waals surface area contributed by atoms with E-state index in [1.807, 2.05) is 50.2 Å². The number of aromatic nitrogens is 2. The quantitative estimate of drug-likeness (QED) is 0.157. The molecule has 2 aliphatic rings. The summed E-state index contributed by atoms with van der Waals surface area (Å²) in [6, 6.07) is 11.9. The number of carbonyl (C=O) groups excluding carboxylic acids is 1. The number of hydrogen-bond donors (Lipinski definition) is 4. The van der Waals surface area contributed by atoms with Gasteiger partial charge in [0.15, 0.2) is 0 Å². The molecule has 0 saturated heterocycles. The molecule has 0 unspecified atom stereocenters. The van der Waals surface area contributed by atoms with Gasteiger partial charge in [-0.25, -0.2) is 17.9 Å². The number of rotatable bonds is 12. The van der Waals surface area contributed by atoms with Crippen molar-refractivity contribution in [2.75, 3.05) is 26.1 Å². The summed E-state index contributed by atoms with van der Waals surface area (Å²) < 4.78 is 41.1. The summed E-state index contributed by atoms with van der Waals surface area (Å²) in [5, 5.41) is 11.0. The van der Waals surface area contributed by atoms with E-state index in [-0.39, 0.29) is 22.9 Å². The van der Waals surface area contributed by atoms with Crippen molar-refractivity contribution in [3.8, 4) is 11.5 Å². The van der Waals surface area contributed by atoms with E-state index in [1.165, 1.54) is 0 Å². The van der Waals surface area contributed by atoms with E-state index in [2.05, 4.69) is 25.7 Å². The number of benzene rings is 2. The molecule has 1 saturated carbocycles. The summed E-state index contributed by atoms with van der Waals surface area (Å²) in [6.45, 7) is 4.56. The van der Waals surface area contributed by atoms with Gasteiger partial charge in [-0.2, -0.15) is 0 Å². The minimum Gasteiger partial charge on any atom is -0.497 e. The Morgan fingerprint density at radius 2 is 1.72 bits per heavy atom. The van der Waals surface area contributed by atoms with Crippen molar-refractivity contribution in [1.82, 2.24) is 25.3 Å². The Morgan fingerprint density at radius 1 is 0.957 bits per heavy atom. The molecular formula is C34H40N6O5S. The molecule has 242 valence electrons. The zero-order chi connectivity index (χ0) is 32.4. The van der Waals surface area contributed by atoms with Crippen molar-refractivity contribution in [3.05, 3.63) is 83.4 Å². The number of carbonyl (C=O) groups is 1. The maximum absolute atomic E-state index is 13.8. The summed E-state index contributed by atoms with van der Waals surface area (Å²) in [6.07, 6.45) is 7.71. The SMILES string of the molecule is COc1ccc(CNC(=O)N[C@H]2C[C@H](Nc3cncc(OC)c3)c3c2cc(S(=O)(=O)NCC(C)C)c2cc(C4CC4)ncc32)cc1. The topological polar surface area (TPSA) is 144 Å². The predicted octanol–water partition coefficient (Wildman–Crippen LogP) is 5.56. The van der Waals surface area contributed by atoms with Crippen LogP contribution in [0.1, 0.15) is 73.5 Å². The van der Waals surface area contributed by atoms with E-state index >= 15 is 0 Å². The van der Waals surface area contributed by atoms with E-state index in [0.717, 1.165) is 52.0 Å². The van der Waals surface area contributed by atoms with Crippen LogP contribution >= 0.6 is 0 Å². The van der Waals surface area contributed by atoms with Crippen LogP contribution in [0.3, 0.4) is 0 Å². The van der Waals surface area contributed by atoms with Crippen LogP contribution < -0.4 is 30.1 Å². The molecule has 6 rings (SSSR count). The van der Waals surface area contributed by atoms with E-state index in [9.17, 15) is 13.2 Å². The molecule has 4 N–H and O–H groups in total. The molecule has 46 heavy (non-hydrogen) atoms. The van der Waals surface area contributed by atoms with Crippen molar-refractivity contribution in [3.63, 3.8) is 0 Å². The molecule has 2 amide bonds. The largest absolute Gasteiger partial charge is 0.497 e. The molecule has 2 aromatic heterocycles. The highest BCUT2D eigenvalue weighted by Crippen LogP contribution is 2.47. The van der Waals surface area contributed by atoms with Crippen LogP contribution in [-0.4, -0.2) is 45.2 Å². The highest BCUT2D eigenvalue weighted by Gasteiger charge is 2.37. The monoisotopic (exact) mass is 644 g/mol. The van der Waals surface area contributed by atoms with Crippen LogP contribution in [0.25, 0.3) is 10.8 Å². The Labute approximate surface area is 269 Å². The number of hydrogen-bond acceptors (Lipinski definition) is 8. The summed E-state index contributed by atoms with van der Waals surface area (Å²) in [5.74, 6) is 1.82. The molecule has 2 heterocycles. The van der Waals surface area contributed by atoms with Gasteiger partial charge >= 0.3 is 6.03 Å². The third kappa shape index (κ3) is 6.87. The molecule has 0 spiro atoms. The summed E-state index contributed by atoms with van der Waals surface area (Å²) in [5.41, 5.74) is 4.19. The Kier molecular flexibility index (Phi) is 9.01. The number of ether oxygens (including phenoxy) is 2. The first-order valence-corrected chi connectivity index (χ1v) is 17.0. The average molecular weight is 645 g/mol. The smallest absolute Gasteiger partial charge is 0.315 e. The fraction of sp³-hybridized carbons (Fsp3) is 0.382. The molecule has 0 aliphatic heterocycles. The summed E-state index contributed by atoms with van der Waals surface area (Å²) >= 11 is 0. The van der Waals surface area contributed by atoms with Crippen LogP contribution in [-0.2, 0) is 16.6 Å². The Morgan fingerprint density at radius 3 is 2.41 bits per heavy atom. The lowest BCUT2D eigenvalue weighted by molar-refractivity contribution is 0.236. The van der Waals surface area contributed by atoms with E-state index < -0.39 is 16.1 Å². The fourth-order valence-corrected chi connectivity index (χ4v) is 7.34. The number of nitrogens with one attached hydrogen (secondary N) is 4. The molecule has 2 aromatic carbocycles. The van der Waals surface area contributed by atoms with Crippen LogP contribution in [0.15, 0.2) is 66.0 Å². The lowest BCUT2D eigenvalue weighted by Gasteiger charge is -2.19. The summed E-state index contributed by atoms with van der Waals surface area (Å²) in [4.78, 5) is 22.5. The lowest BCUT2D eigenvalue weighted by Crippen LogP contribution is -2.37. The van der Waals surface area contributed by atoms with Gasteiger partial charge in [0, 0.05) is 47.7 Å². The van der Waals surface area contributed by atoms with Crippen LogP contribution in [0.2, 0.25) is 0 Å². The highest BCUT2D eigenvalue weighted by atomic mass is 32.2.